The van der Waals surface area contributed by atoms with Crippen molar-refractivity contribution in [2.45, 2.75) is 20.3 Å². The molecule has 0 spiro atoms. The van der Waals surface area contributed by atoms with E-state index < -0.39 is 0 Å². The summed E-state index contributed by atoms with van der Waals surface area (Å²) in [5.41, 5.74) is 2.49. The van der Waals surface area contributed by atoms with Crippen molar-refractivity contribution in [2.24, 2.45) is 11.8 Å². The highest BCUT2D eigenvalue weighted by molar-refractivity contribution is 5.92. The highest BCUT2D eigenvalue weighted by Crippen LogP contribution is 2.41. The Hall–Kier alpha value is -2.08. The summed E-state index contributed by atoms with van der Waals surface area (Å²) in [6.07, 6.45) is 0.740. The lowest BCUT2D eigenvalue weighted by Crippen LogP contribution is -2.50. The molecular weight excluding hydrogens is 352 g/mol. The molecule has 0 aromatic heterocycles. The number of benzene rings is 1. The van der Waals surface area contributed by atoms with Gasteiger partial charge in [0.2, 0.25) is 11.8 Å². The molecule has 2 atom stereocenters. The Morgan fingerprint density at radius 3 is 2.00 bits per heavy atom. The number of carbonyl (C=O) groups is 2. The molecule has 0 N–H and O–H groups in total. The number of rotatable bonds is 4. The zero-order chi connectivity index (χ0) is 19.7. The molecule has 0 radical (unpaired) electrons. The van der Waals surface area contributed by atoms with Crippen molar-refractivity contribution in [3.8, 4) is 0 Å². The van der Waals surface area contributed by atoms with Gasteiger partial charge in [0, 0.05) is 58.0 Å². The van der Waals surface area contributed by atoms with Crippen molar-refractivity contribution >= 4 is 17.5 Å². The lowest BCUT2D eigenvalue weighted by molar-refractivity contribution is -0.139. The van der Waals surface area contributed by atoms with Crippen molar-refractivity contribution in [1.29, 1.82) is 0 Å². The van der Waals surface area contributed by atoms with E-state index >= 15 is 0 Å². The second kappa shape index (κ2) is 8.11. The Labute approximate surface area is 168 Å². The Balaban J connectivity index is 1.26. The van der Waals surface area contributed by atoms with Gasteiger partial charge in [-0.3, -0.25) is 9.59 Å². The highest BCUT2D eigenvalue weighted by Gasteiger charge is 2.51. The zero-order valence-electron chi connectivity index (χ0n) is 17.1. The van der Waals surface area contributed by atoms with Gasteiger partial charge in [-0.15, -0.1) is 0 Å². The molecule has 2 unspecified atom stereocenters. The minimum atomic E-state index is -0.0813. The van der Waals surface area contributed by atoms with Crippen LogP contribution in [0.4, 0.5) is 5.69 Å². The smallest absolute Gasteiger partial charge is 0.226 e. The van der Waals surface area contributed by atoms with Crippen LogP contribution in [0.15, 0.2) is 24.3 Å². The molecule has 3 aliphatic rings. The van der Waals surface area contributed by atoms with Crippen molar-refractivity contribution in [3.05, 3.63) is 29.8 Å². The van der Waals surface area contributed by atoms with Crippen molar-refractivity contribution in [3.63, 3.8) is 0 Å². The number of carbonyl (C=O) groups excluding carboxylic acids is 2. The SMILES string of the molecule is CCN1CCN(C(=O)C2CC2C(=O)N2CCN(c3cccc(C)c3)CC2)CC1. The average Bonchev–Trinajstić information content (AvgIpc) is 3.54. The summed E-state index contributed by atoms with van der Waals surface area (Å²) in [5.74, 6) is 0.236. The molecule has 6 nitrogen and oxygen atoms in total. The molecule has 2 amide bonds. The van der Waals surface area contributed by atoms with Gasteiger partial charge in [0.05, 0.1) is 11.8 Å². The van der Waals surface area contributed by atoms with Crippen molar-refractivity contribution in [1.82, 2.24) is 14.7 Å². The molecular formula is C22H32N4O2. The third-order valence-corrected chi connectivity index (χ3v) is 6.51. The Bertz CT molecular complexity index is 721. The highest BCUT2D eigenvalue weighted by atomic mass is 16.2. The quantitative estimate of drug-likeness (QED) is 0.788. The fourth-order valence-electron chi connectivity index (χ4n) is 4.50. The summed E-state index contributed by atoms with van der Waals surface area (Å²) in [6.45, 7) is 12.0. The van der Waals surface area contributed by atoms with Crippen LogP contribution in [0, 0.1) is 18.8 Å². The summed E-state index contributed by atoms with van der Waals surface area (Å²) >= 11 is 0. The van der Waals surface area contributed by atoms with Crippen LogP contribution < -0.4 is 4.90 Å². The molecule has 2 aliphatic heterocycles. The average molecular weight is 385 g/mol. The first-order chi connectivity index (χ1) is 13.6. The maximum absolute atomic E-state index is 12.9. The number of hydrogen-bond donors (Lipinski definition) is 0. The summed E-state index contributed by atoms with van der Waals surface area (Å²) < 4.78 is 0. The van der Waals surface area contributed by atoms with Crippen LogP contribution in [-0.4, -0.2) is 85.4 Å². The van der Waals surface area contributed by atoms with Gasteiger partial charge in [0.15, 0.2) is 0 Å². The molecule has 4 rings (SSSR count). The monoisotopic (exact) mass is 384 g/mol. The lowest BCUT2D eigenvalue weighted by atomic mass is 10.1. The second-order valence-corrected chi connectivity index (χ2v) is 8.36. The first kappa shape index (κ1) is 19.2. The molecule has 1 aliphatic carbocycles. The largest absolute Gasteiger partial charge is 0.368 e. The fraction of sp³-hybridized carbons (Fsp3) is 0.636. The predicted molar refractivity (Wildman–Crippen MR) is 110 cm³/mol. The topological polar surface area (TPSA) is 47.1 Å². The standard InChI is InChI=1S/C22H32N4O2/c1-3-23-7-9-25(10-8-23)21(27)19-16-20(19)22(28)26-13-11-24(12-14-26)18-6-4-5-17(2)15-18/h4-6,15,19-20H,3,7-14,16H2,1-2H3. The molecule has 2 heterocycles. The third kappa shape index (κ3) is 4.02. The molecule has 1 saturated carbocycles. The summed E-state index contributed by atoms with van der Waals surface area (Å²) in [4.78, 5) is 34.3. The molecule has 1 aromatic carbocycles. The van der Waals surface area contributed by atoms with Gasteiger partial charge >= 0.3 is 0 Å². The van der Waals surface area contributed by atoms with Crippen LogP contribution in [0.2, 0.25) is 0 Å². The van der Waals surface area contributed by atoms with Gasteiger partial charge in [-0.2, -0.15) is 0 Å². The van der Waals surface area contributed by atoms with Crippen LogP contribution in [0.5, 0.6) is 0 Å². The van der Waals surface area contributed by atoms with Crippen LogP contribution >= 0.6 is 0 Å². The van der Waals surface area contributed by atoms with Gasteiger partial charge in [0.25, 0.3) is 0 Å². The summed E-state index contributed by atoms with van der Waals surface area (Å²) in [6, 6.07) is 8.53. The van der Waals surface area contributed by atoms with Crippen molar-refractivity contribution < 1.29 is 9.59 Å². The van der Waals surface area contributed by atoms with Crippen LogP contribution in [0.1, 0.15) is 18.9 Å². The van der Waals surface area contributed by atoms with E-state index in [1.807, 2.05) is 9.80 Å². The fourth-order valence-corrected chi connectivity index (χ4v) is 4.50. The van der Waals surface area contributed by atoms with Crippen LogP contribution in [-0.2, 0) is 9.59 Å². The number of piperazine rings is 2. The van der Waals surface area contributed by atoms with Crippen LogP contribution in [0.25, 0.3) is 0 Å². The van der Waals surface area contributed by atoms with Gasteiger partial charge in [-0.1, -0.05) is 19.1 Å². The first-order valence-corrected chi connectivity index (χ1v) is 10.7. The van der Waals surface area contributed by atoms with E-state index in [1.54, 1.807) is 0 Å². The molecule has 6 heteroatoms. The van der Waals surface area contributed by atoms with E-state index in [9.17, 15) is 9.59 Å². The minimum absolute atomic E-state index is 0.0736. The van der Waals surface area contributed by atoms with E-state index in [0.29, 0.717) is 0 Å². The van der Waals surface area contributed by atoms with E-state index in [1.165, 1.54) is 11.3 Å². The van der Waals surface area contributed by atoms with E-state index in [2.05, 4.69) is 47.9 Å². The molecule has 3 fully saturated rings. The Morgan fingerprint density at radius 2 is 1.46 bits per heavy atom. The zero-order valence-corrected chi connectivity index (χ0v) is 17.1. The van der Waals surface area contributed by atoms with Gasteiger partial charge in [0.1, 0.15) is 0 Å². The van der Waals surface area contributed by atoms with Gasteiger partial charge in [-0.25, -0.2) is 0 Å². The number of nitrogens with zero attached hydrogens (tertiary/aromatic N) is 4. The lowest BCUT2D eigenvalue weighted by Gasteiger charge is -2.36. The number of hydrogen-bond acceptors (Lipinski definition) is 4. The number of amides is 2. The van der Waals surface area contributed by atoms with Crippen molar-refractivity contribution in [2.75, 3.05) is 63.8 Å². The number of anilines is 1. The van der Waals surface area contributed by atoms with Gasteiger partial charge < -0.3 is 19.6 Å². The number of likely N-dealkylation sites (N-methyl/N-ethyl adjacent to an activating group) is 1. The maximum Gasteiger partial charge on any atom is 0.226 e. The minimum Gasteiger partial charge on any atom is -0.368 e. The Morgan fingerprint density at radius 1 is 0.893 bits per heavy atom. The molecule has 152 valence electrons. The normalized spacial score (nSPS) is 25.7. The predicted octanol–water partition coefficient (Wildman–Crippen LogP) is 1.44. The second-order valence-electron chi connectivity index (χ2n) is 8.36. The van der Waals surface area contributed by atoms with E-state index in [4.69, 9.17) is 0 Å². The molecule has 1 aromatic rings. The number of aryl methyl sites for hydroxylation is 1. The molecule has 0 bridgehead atoms. The Kier molecular flexibility index (Phi) is 5.58. The molecule has 28 heavy (non-hydrogen) atoms. The summed E-state index contributed by atoms with van der Waals surface area (Å²) in [5, 5.41) is 0. The third-order valence-electron chi connectivity index (χ3n) is 6.51. The first-order valence-electron chi connectivity index (χ1n) is 10.7. The maximum atomic E-state index is 12.9. The molecule has 2 saturated heterocycles. The van der Waals surface area contributed by atoms with Gasteiger partial charge in [-0.05, 0) is 37.6 Å². The summed E-state index contributed by atoms with van der Waals surface area (Å²) in [7, 11) is 0. The van der Waals surface area contributed by atoms with E-state index in [0.717, 1.165) is 65.3 Å². The van der Waals surface area contributed by atoms with Crippen LogP contribution in [0.3, 0.4) is 0 Å². The van der Waals surface area contributed by atoms with E-state index in [-0.39, 0.29) is 23.7 Å².